The van der Waals surface area contributed by atoms with Crippen LogP contribution in [0, 0.1) is 0 Å². The molecule has 0 aliphatic heterocycles. The molecule has 0 aromatic carbocycles. The maximum Gasteiger partial charge on any atom is 0.125 e. The van der Waals surface area contributed by atoms with Gasteiger partial charge in [-0.2, -0.15) is 0 Å². The third-order valence-electron chi connectivity index (χ3n) is 2.80. The number of pyridine rings is 1. The number of nitrogens with one attached hydrogen (secondary N) is 1. The van der Waals surface area contributed by atoms with Gasteiger partial charge < -0.3 is 16.2 Å². The molecule has 0 spiro atoms. The molecular weight excluding hydrogens is 178 g/mol. The van der Waals surface area contributed by atoms with E-state index in [-0.39, 0.29) is 12.1 Å². The van der Waals surface area contributed by atoms with E-state index < -0.39 is 0 Å². The lowest BCUT2D eigenvalue weighted by Crippen LogP contribution is -2.48. The number of nitrogens with zero attached hydrogens (tertiary/aromatic N) is 1. The molecule has 1 aliphatic carbocycles. The smallest absolute Gasteiger partial charge is 0.125 e. The van der Waals surface area contributed by atoms with Gasteiger partial charge in [0.25, 0.3) is 0 Å². The molecule has 0 unspecified atom stereocenters. The summed E-state index contributed by atoms with van der Waals surface area (Å²) in [5.41, 5.74) is 6.38. The third kappa shape index (κ3) is 1.65. The van der Waals surface area contributed by atoms with Crippen molar-refractivity contribution in [3.63, 3.8) is 0 Å². The van der Waals surface area contributed by atoms with E-state index in [1.807, 2.05) is 6.07 Å². The molecule has 4 N–H and O–H groups in total. The zero-order valence-corrected chi connectivity index (χ0v) is 8.03. The van der Waals surface area contributed by atoms with Gasteiger partial charge in [-0.05, 0) is 25.3 Å². The lowest BCUT2D eigenvalue weighted by Gasteiger charge is -2.41. The second kappa shape index (κ2) is 3.46. The molecule has 0 bridgehead atoms. The van der Waals surface area contributed by atoms with E-state index in [9.17, 15) is 5.11 Å². The highest BCUT2D eigenvalue weighted by Crippen LogP contribution is 2.34. The van der Waals surface area contributed by atoms with E-state index in [0.29, 0.717) is 5.82 Å². The second-order valence-electron chi connectivity index (χ2n) is 3.89. The molecule has 0 atom stereocenters. The number of aliphatic hydroxyl groups excluding tert-OH is 1. The first-order chi connectivity index (χ1) is 6.74. The maximum atomic E-state index is 9.26. The van der Waals surface area contributed by atoms with Gasteiger partial charge in [0.05, 0.1) is 12.1 Å². The Kier molecular flexibility index (Phi) is 2.29. The predicted molar refractivity (Wildman–Crippen MR) is 55.9 cm³/mol. The topological polar surface area (TPSA) is 71.2 Å². The number of hydrogen-bond donors (Lipinski definition) is 3. The molecule has 4 nitrogen and oxygen atoms in total. The van der Waals surface area contributed by atoms with Crippen molar-refractivity contribution in [3.05, 3.63) is 18.3 Å². The summed E-state index contributed by atoms with van der Waals surface area (Å²) in [6, 6.07) is 3.65. The van der Waals surface area contributed by atoms with Crippen molar-refractivity contribution in [2.45, 2.75) is 24.8 Å². The summed E-state index contributed by atoms with van der Waals surface area (Å²) in [6.07, 6.45) is 4.88. The van der Waals surface area contributed by atoms with Gasteiger partial charge in [-0.1, -0.05) is 0 Å². The van der Waals surface area contributed by atoms with Gasteiger partial charge in [-0.3, -0.25) is 0 Å². The Morgan fingerprint density at radius 3 is 2.86 bits per heavy atom. The van der Waals surface area contributed by atoms with Crippen molar-refractivity contribution < 1.29 is 5.11 Å². The minimum absolute atomic E-state index is 0.117. The number of aliphatic hydroxyl groups is 1. The molecule has 0 saturated heterocycles. The molecule has 1 aliphatic rings. The predicted octanol–water partition coefficient (Wildman–Crippen LogP) is 0.991. The Labute approximate surface area is 83.2 Å². The number of nitrogens with two attached hydrogens (primary N) is 1. The quantitative estimate of drug-likeness (QED) is 0.669. The summed E-state index contributed by atoms with van der Waals surface area (Å²) in [5, 5.41) is 12.6. The Bertz CT molecular complexity index is 317. The van der Waals surface area contributed by atoms with Crippen LogP contribution in [0.1, 0.15) is 19.3 Å². The molecular formula is C10H15N3O. The molecule has 0 amide bonds. The van der Waals surface area contributed by atoms with E-state index in [4.69, 9.17) is 5.73 Å². The van der Waals surface area contributed by atoms with Gasteiger partial charge in [-0.15, -0.1) is 0 Å². The van der Waals surface area contributed by atoms with Crippen molar-refractivity contribution in [2.24, 2.45) is 0 Å². The van der Waals surface area contributed by atoms with Crippen LogP contribution in [0.3, 0.4) is 0 Å². The number of nitrogen functional groups attached to an aromatic ring is 1. The molecule has 1 aromatic heterocycles. The van der Waals surface area contributed by atoms with Crippen LogP contribution >= 0.6 is 0 Å². The highest BCUT2D eigenvalue weighted by molar-refractivity contribution is 5.51. The summed E-state index contributed by atoms with van der Waals surface area (Å²) >= 11 is 0. The Hall–Kier alpha value is -1.29. The van der Waals surface area contributed by atoms with Gasteiger partial charge in [0.2, 0.25) is 0 Å². The fourth-order valence-corrected chi connectivity index (χ4v) is 1.76. The standard InChI is InChI=1S/C10H15N3O/c11-9-6-8(2-5-12-9)13-10(7-14)3-1-4-10/h2,5-6,14H,1,3-4,7H2,(H3,11,12,13). The normalized spacial score (nSPS) is 18.6. The van der Waals surface area contributed by atoms with Crippen molar-refractivity contribution in [1.82, 2.24) is 4.98 Å². The second-order valence-corrected chi connectivity index (χ2v) is 3.89. The largest absolute Gasteiger partial charge is 0.394 e. The summed E-state index contributed by atoms with van der Waals surface area (Å²) < 4.78 is 0. The molecule has 4 heteroatoms. The van der Waals surface area contributed by atoms with Crippen molar-refractivity contribution >= 4 is 11.5 Å². The molecule has 1 aromatic rings. The van der Waals surface area contributed by atoms with Crippen LogP contribution in [0.25, 0.3) is 0 Å². The van der Waals surface area contributed by atoms with Crippen LogP contribution in [0.15, 0.2) is 18.3 Å². The van der Waals surface area contributed by atoms with Crippen molar-refractivity contribution in [3.8, 4) is 0 Å². The number of rotatable bonds is 3. The van der Waals surface area contributed by atoms with E-state index >= 15 is 0 Å². The third-order valence-corrected chi connectivity index (χ3v) is 2.80. The van der Waals surface area contributed by atoms with Crippen molar-refractivity contribution in [1.29, 1.82) is 0 Å². The molecule has 1 saturated carbocycles. The van der Waals surface area contributed by atoms with E-state index in [1.54, 1.807) is 12.3 Å². The fourth-order valence-electron chi connectivity index (χ4n) is 1.76. The first-order valence-corrected chi connectivity index (χ1v) is 4.85. The Morgan fingerprint density at radius 1 is 1.57 bits per heavy atom. The molecule has 0 radical (unpaired) electrons. The lowest BCUT2D eigenvalue weighted by molar-refractivity contribution is 0.144. The lowest BCUT2D eigenvalue weighted by atomic mass is 9.77. The highest BCUT2D eigenvalue weighted by atomic mass is 16.3. The molecule has 14 heavy (non-hydrogen) atoms. The zero-order valence-electron chi connectivity index (χ0n) is 8.03. The average Bonchev–Trinajstić information content (AvgIpc) is 2.11. The Morgan fingerprint density at radius 2 is 2.36 bits per heavy atom. The van der Waals surface area contributed by atoms with Crippen LogP contribution in [0.2, 0.25) is 0 Å². The zero-order chi connectivity index (χ0) is 10.0. The van der Waals surface area contributed by atoms with Crippen LogP contribution in [0.4, 0.5) is 11.5 Å². The van der Waals surface area contributed by atoms with Crippen LogP contribution in [0.5, 0.6) is 0 Å². The van der Waals surface area contributed by atoms with Crippen LogP contribution < -0.4 is 11.1 Å². The van der Waals surface area contributed by atoms with Gasteiger partial charge >= 0.3 is 0 Å². The van der Waals surface area contributed by atoms with Gasteiger partial charge in [0.15, 0.2) is 0 Å². The van der Waals surface area contributed by atoms with Crippen molar-refractivity contribution in [2.75, 3.05) is 17.7 Å². The average molecular weight is 193 g/mol. The first kappa shape index (κ1) is 9.27. The summed E-state index contributed by atoms with van der Waals surface area (Å²) in [5.74, 6) is 0.502. The molecule has 1 heterocycles. The van der Waals surface area contributed by atoms with Gasteiger partial charge in [0.1, 0.15) is 5.82 Å². The number of anilines is 2. The molecule has 2 rings (SSSR count). The number of hydrogen-bond acceptors (Lipinski definition) is 4. The molecule has 76 valence electrons. The van der Waals surface area contributed by atoms with Crippen LogP contribution in [-0.2, 0) is 0 Å². The monoisotopic (exact) mass is 193 g/mol. The Balaban J connectivity index is 2.09. The first-order valence-electron chi connectivity index (χ1n) is 4.85. The van der Waals surface area contributed by atoms with E-state index in [2.05, 4.69) is 10.3 Å². The van der Waals surface area contributed by atoms with Gasteiger partial charge in [-0.25, -0.2) is 4.98 Å². The highest BCUT2D eigenvalue weighted by Gasteiger charge is 2.36. The van der Waals surface area contributed by atoms with E-state index in [0.717, 1.165) is 18.5 Å². The maximum absolute atomic E-state index is 9.26. The summed E-state index contributed by atoms with van der Waals surface area (Å²) in [7, 11) is 0. The van der Waals surface area contributed by atoms with Gasteiger partial charge in [0, 0.05) is 18.0 Å². The minimum atomic E-state index is -0.117. The fraction of sp³-hybridized carbons (Fsp3) is 0.500. The summed E-state index contributed by atoms with van der Waals surface area (Å²) in [6.45, 7) is 0.176. The summed E-state index contributed by atoms with van der Waals surface area (Å²) in [4.78, 5) is 3.91. The van der Waals surface area contributed by atoms with E-state index in [1.165, 1.54) is 6.42 Å². The molecule has 1 fully saturated rings. The SMILES string of the molecule is Nc1cc(NC2(CO)CCC2)ccn1. The number of aromatic nitrogens is 1. The van der Waals surface area contributed by atoms with Crippen LogP contribution in [-0.4, -0.2) is 22.2 Å². The minimum Gasteiger partial charge on any atom is -0.394 e.